The van der Waals surface area contributed by atoms with E-state index in [-0.39, 0.29) is 0 Å². The highest BCUT2D eigenvalue weighted by molar-refractivity contribution is 14.1. The Hall–Kier alpha value is -0.890. The van der Waals surface area contributed by atoms with Crippen LogP contribution in [0.15, 0.2) is 18.6 Å². The van der Waals surface area contributed by atoms with Gasteiger partial charge in [0.2, 0.25) is 0 Å². The maximum absolute atomic E-state index is 9.79. The molecule has 3 rings (SSSR count). The van der Waals surface area contributed by atoms with E-state index in [2.05, 4.69) is 32.6 Å². The molecule has 3 heterocycles. The summed E-state index contributed by atoms with van der Waals surface area (Å²) in [4.78, 5) is 10.5. The zero-order chi connectivity index (χ0) is 11.1. The van der Waals surface area contributed by atoms with Gasteiger partial charge in [0.1, 0.15) is 15.7 Å². The summed E-state index contributed by atoms with van der Waals surface area (Å²) in [6.45, 7) is 0.866. The zero-order valence-corrected chi connectivity index (χ0v) is 10.7. The van der Waals surface area contributed by atoms with Gasteiger partial charge in [-0.3, -0.25) is 4.40 Å². The van der Waals surface area contributed by atoms with Crippen LogP contribution in [0.2, 0.25) is 0 Å². The number of aliphatic hydroxyl groups excluding tert-OH is 1. The second-order valence-corrected chi connectivity index (χ2v) is 4.98. The Kier molecular flexibility index (Phi) is 2.47. The van der Waals surface area contributed by atoms with Gasteiger partial charge in [-0.1, -0.05) is 0 Å². The number of hydrogen-bond acceptors (Lipinski definition) is 4. The molecule has 5 nitrogen and oxygen atoms in total. The summed E-state index contributed by atoms with van der Waals surface area (Å²) in [7, 11) is 0. The van der Waals surface area contributed by atoms with Crippen molar-refractivity contribution in [2.24, 2.45) is 0 Å². The maximum atomic E-state index is 9.79. The maximum Gasteiger partial charge on any atom is 0.156 e. The monoisotopic (exact) mass is 330 g/mol. The summed E-state index contributed by atoms with van der Waals surface area (Å²) in [6.07, 6.45) is 6.91. The van der Waals surface area contributed by atoms with Crippen molar-refractivity contribution >= 4 is 34.1 Å². The van der Waals surface area contributed by atoms with Gasteiger partial charge in [-0.05, 0) is 35.4 Å². The lowest BCUT2D eigenvalue weighted by Gasteiger charge is -2.21. The van der Waals surface area contributed by atoms with E-state index in [1.165, 1.54) is 0 Å². The molecule has 1 atom stereocenters. The van der Waals surface area contributed by atoms with Crippen molar-refractivity contribution in [2.45, 2.75) is 19.1 Å². The minimum absolute atomic E-state index is 0.397. The highest BCUT2D eigenvalue weighted by atomic mass is 127. The molecule has 0 aliphatic carbocycles. The second kappa shape index (κ2) is 3.85. The third-order valence-corrected chi connectivity index (χ3v) is 3.65. The largest absolute Gasteiger partial charge is 0.374 e. The lowest BCUT2D eigenvalue weighted by molar-refractivity contribution is 0.185. The number of halogens is 1. The molecule has 0 radical (unpaired) electrons. The third kappa shape index (κ3) is 1.56. The summed E-state index contributed by atoms with van der Waals surface area (Å²) in [5.74, 6) is 0.813. The van der Waals surface area contributed by atoms with Gasteiger partial charge < -0.3 is 10.0 Å². The fraction of sp³-hybridized carbons (Fsp3) is 0.400. The first-order valence-electron chi connectivity index (χ1n) is 5.19. The van der Waals surface area contributed by atoms with Crippen LogP contribution in [0.4, 0.5) is 5.82 Å². The Balaban J connectivity index is 2.07. The van der Waals surface area contributed by atoms with Crippen molar-refractivity contribution in [1.29, 1.82) is 0 Å². The molecule has 1 aliphatic rings. The van der Waals surface area contributed by atoms with Crippen molar-refractivity contribution in [2.75, 3.05) is 11.4 Å². The van der Waals surface area contributed by atoms with Gasteiger partial charge in [0.25, 0.3) is 0 Å². The van der Waals surface area contributed by atoms with Crippen LogP contribution in [0.3, 0.4) is 0 Å². The molecule has 6 heteroatoms. The van der Waals surface area contributed by atoms with Crippen LogP contribution in [-0.2, 0) is 0 Å². The second-order valence-electron chi connectivity index (χ2n) is 3.87. The average Bonchev–Trinajstić information content (AvgIpc) is 2.86. The van der Waals surface area contributed by atoms with Gasteiger partial charge in [0.15, 0.2) is 5.65 Å². The van der Waals surface area contributed by atoms with Gasteiger partial charge in [-0.2, -0.15) is 0 Å². The summed E-state index contributed by atoms with van der Waals surface area (Å²) in [5, 5.41) is 9.79. The van der Waals surface area contributed by atoms with Crippen LogP contribution in [0.25, 0.3) is 5.65 Å². The molecule has 16 heavy (non-hydrogen) atoms. The molecule has 1 unspecified atom stereocenters. The van der Waals surface area contributed by atoms with E-state index in [1.54, 1.807) is 6.20 Å². The van der Waals surface area contributed by atoms with E-state index in [1.807, 2.05) is 21.7 Å². The Labute approximate surface area is 106 Å². The number of fused-ring (bicyclic) bond motifs is 1. The summed E-state index contributed by atoms with van der Waals surface area (Å²) in [6, 6.07) is 0. The van der Waals surface area contributed by atoms with Gasteiger partial charge in [-0.25, -0.2) is 9.97 Å². The molecule has 0 amide bonds. The lowest BCUT2D eigenvalue weighted by Crippen LogP contribution is -2.29. The first-order valence-corrected chi connectivity index (χ1v) is 6.27. The van der Waals surface area contributed by atoms with Crippen LogP contribution in [-0.4, -0.2) is 32.2 Å². The predicted octanol–water partition coefficient (Wildman–Crippen LogP) is 1.25. The number of imidazole rings is 1. The van der Waals surface area contributed by atoms with E-state index >= 15 is 0 Å². The van der Waals surface area contributed by atoms with E-state index in [0.717, 1.165) is 34.6 Å². The van der Waals surface area contributed by atoms with E-state index in [4.69, 9.17) is 0 Å². The van der Waals surface area contributed by atoms with Gasteiger partial charge in [-0.15, -0.1) is 0 Å². The first-order chi connectivity index (χ1) is 7.75. The van der Waals surface area contributed by atoms with Crippen LogP contribution in [0.5, 0.6) is 0 Å². The minimum Gasteiger partial charge on any atom is -0.374 e. The first kappa shape index (κ1) is 10.3. The van der Waals surface area contributed by atoms with Crippen LogP contribution < -0.4 is 4.90 Å². The average molecular weight is 330 g/mol. The standard InChI is InChI=1S/C10H11IN4O/c11-7-4-12-8-5-13-9(6-15(7)8)14-3-1-2-10(14)16/h4-6,10,16H,1-3H2. The van der Waals surface area contributed by atoms with Gasteiger partial charge in [0.05, 0.1) is 18.6 Å². The molecule has 2 aromatic heterocycles. The van der Waals surface area contributed by atoms with Crippen LogP contribution >= 0.6 is 22.6 Å². The van der Waals surface area contributed by atoms with E-state index in [9.17, 15) is 5.11 Å². The summed E-state index contributed by atoms with van der Waals surface area (Å²) in [5.41, 5.74) is 0.835. The predicted molar refractivity (Wildman–Crippen MR) is 68.3 cm³/mol. The SMILES string of the molecule is OC1CCCN1c1cn2c(I)cnc2cn1. The number of hydrogen-bond donors (Lipinski definition) is 1. The van der Waals surface area contributed by atoms with Crippen molar-refractivity contribution in [3.63, 3.8) is 0 Å². The van der Waals surface area contributed by atoms with Crippen molar-refractivity contribution in [3.8, 4) is 0 Å². The zero-order valence-electron chi connectivity index (χ0n) is 8.54. The Morgan fingerprint density at radius 3 is 3.00 bits per heavy atom. The molecular formula is C10H11IN4O. The van der Waals surface area contributed by atoms with E-state index < -0.39 is 6.23 Å². The molecule has 0 bridgehead atoms. The topological polar surface area (TPSA) is 53.7 Å². The lowest BCUT2D eigenvalue weighted by atomic mass is 10.4. The van der Waals surface area contributed by atoms with Gasteiger partial charge in [0, 0.05) is 6.54 Å². The van der Waals surface area contributed by atoms with Crippen LogP contribution in [0, 0.1) is 3.70 Å². The van der Waals surface area contributed by atoms with Crippen molar-refractivity contribution in [3.05, 3.63) is 22.3 Å². The highest BCUT2D eigenvalue weighted by Gasteiger charge is 2.23. The molecular weight excluding hydrogens is 319 g/mol. The summed E-state index contributed by atoms with van der Waals surface area (Å²) >= 11 is 2.23. The number of anilines is 1. The fourth-order valence-corrected chi connectivity index (χ4v) is 2.54. The molecule has 1 saturated heterocycles. The number of aromatic nitrogens is 3. The van der Waals surface area contributed by atoms with Gasteiger partial charge >= 0.3 is 0 Å². The molecule has 0 spiro atoms. The quantitative estimate of drug-likeness (QED) is 0.800. The Bertz CT molecular complexity index is 527. The molecule has 84 valence electrons. The van der Waals surface area contributed by atoms with E-state index in [0.29, 0.717) is 0 Å². The van der Waals surface area contributed by atoms with Crippen LogP contribution in [0.1, 0.15) is 12.8 Å². The number of rotatable bonds is 1. The molecule has 2 aromatic rings. The molecule has 0 saturated carbocycles. The number of aliphatic hydroxyl groups is 1. The normalized spacial score (nSPS) is 20.9. The molecule has 1 N–H and O–H groups in total. The number of nitrogens with zero attached hydrogens (tertiary/aromatic N) is 4. The molecule has 0 aromatic carbocycles. The smallest absolute Gasteiger partial charge is 0.156 e. The summed E-state index contributed by atoms with van der Waals surface area (Å²) < 4.78 is 3.03. The third-order valence-electron chi connectivity index (χ3n) is 2.85. The van der Waals surface area contributed by atoms with Crippen molar-refractivity contribution in [1.82, 2.24) is 14.4 Å². The highest BCUT2D eigenvalue weighted by Crippen LogP contribution is 2.22. The Morgan fingerprint density at radius 1 is 1.38 bits per heavy atom. The van der Waals surface area contributed by atoms with Crippen molar-refractivity contribution < 1.29 is 5.11 Å². The minimum atomic E-state index is -0.397. The molecule has 1 aliphatic heterocycles. The molecule has 1 fully saturated rings. The Morgan fingerprint density at radius 2 is 2.25 bits per heavy atom. The fourth-order valence-electron chi connectivity index (χ4n) is 2.01.